The Bertz CT molecular complexity index is 247. The van der Waals surface area contributed by atoms with Gasteiger partial charge in [0.25, 0.3) is 0 Å². The maximum atomic E-state index is 10.2. The lowest BCUT2D eigenvalue weighted by Crippen LogP contribution is -2.37. The first-order valence-corrected chi connectivity index (χ1v) is 5.86. The Balaban J connectivity index is 2.03. The molecule has 1 saturated heterocycles. The van der Waals surface area contributed by atoms with Crippen LogP contribution >= 0.6 is 0 Å². The van der Waals surface area contributed by atoms with Gasteiger partial charge in [-0.05, 0) is 6.42 Å². The molecule has 6 nitrogen and oxygen atoms in total. The minimum atomic E-state index is -4.27. The molecule has 1 fully saturated rings. The van der Waals surface area contributed by atoms with E-state index in [1.807, 2.05) is 0 Å². The van der Waals surface area contributed by atoms with Crippen LogP contribution in [0.2, 0.25) is 0 Å². The maximum Gasteiger partial charge on any atom is 0.397 e. The van der Waals surface area contributed by atoms with Crippen LogP contribution in [0.3, 0.4) is 0 Å². The lowest BCUT2D eigenvalue weighted by Gasteiger charge is -2.26. The molecule has 0 unspecified atom stereocenters. The van der Waals surface area contributed by atoms with Crippen molar-refractivity contribution in [2.75, 3.05) is 39.5 Å². The Morgan fingerprint density at radius 2 is 2.00 bits per heavy atom. The molecule has 0 aliphatic carbocycles. The van der Waals surface area contributed by atoms with Gasteiger partial charge in [0.2, 0.25) is 0 Å². The topological polar surface area (TPSA) is 76.1 Å². The van der Waals surface area contributed by atoms with Gasteiger partial charge in [-0.1, -0.05) is 0 Å². The number of rotatable bonds is 5. The lowest BCUT2D eigenvalue weighted by molar-refractivity contribution is 0.0357. The average molecular weight is 225 g/mol. The first-order valence-electron chi connectivity index (χ1n) is 4.50. The Morgan fingerprint density at radius 3 is 2.57 bits per heavy atom. The maximum absolute atomic E-state index is 10.2. The van der Waals surface area contributed by atoms with E-state index >= 15 is 0 Å². The van der Waals surface area contributed by atoms with Gasteiger partial charge in [-0.15, -0.1) is 0 Å². The van der Waals surface area contributed by atoms with E-state index < -0.39 is 10.4 Å². The van der Waals surface area contributed by atoms with Crippen molar-refractivity contribution < 1.29 is 21.9 Å². The second kappa shape index (κ2) is 5.62. The van der Waals surface area contributed by atoms with Crippen molar-refractivity contribution in [2.45, 2.75) is 6.42 Å². The van der Waals surface area contributed by atoms with Crippen LogP contribution in [0.25, 0.3) is 0 Å². The van der Waals surface area contributed by atoms with Gasteiger partial charge in [-0.25, -0.2) is 4.18 Å². The van der Waals surface area contributed by atoms with E-state index in [1.165, 1.54) is 0 Å². The van der Waals surface area contributed by atoms with E-state index in [-0.39, 0.29) is 6.61 Å². The molecule has 1 N–H and O–H groups in total. The van der Waals surface area contributed by atoms with Gasteiger partial charge in [-0.2, -0.15) is 8.42 Å². The van der Waals surface area contributed by atoms with Gasteiger partial charge in [0.15, 0.2) is 0 Å². The molecule has 1 heterocycles. The molecule has 0 amide bonds. The second-order valence-corrected chi connectivity index (χ2v) is 4.15. The summed E-state index contributed by atoms with van der Waals surface area (Å²) in [5.74, 6) is 0. The molecule has 0 atom stereocenters. The monoisotopic (exact) mass is 225 g/mol. The van der Waals surface area contributed by atoms with Crippen LogP contribution < -0.4 is 0 Å². The normalized spacial score (nSPS) is 19.8. The van der Waals surface area contributed by atoms with Crippen molar-refractivity contribution in [1.29, 1.82) is 0 Å². The third kappa shape index (κ3) is 5.51. The summed E-state index contributed by atoms with van der Waals surface area (Å²) in [6.07, 6.45) is 0.583. The van der Waals surface area contributed by atoms with E-state index in [0.717, 1.165) is 32.8 Å². The molecule has 0 aromatic carbocycles. The minimum Gasteiger partial charge on any atom is -0.379 e. The molecule has 14 heavy (non-hydrogen) atoms. The summed E-state index contributed by atoms with van der Waals surface area (Å²) < 4.78 is 38.0. The van der Waals surface area contributed by atoms with Gasteiger partial charge >= 0.3 is 10.4 Å². The quantitative estimate of drug-likeness (QED) is 0.503. The molecule has 0 spiro atoms. The molecule has 0 bridgehead atoms. The Hall–Kier alpha value is -0.210. The van der Waals surface area contributed by atoms with Crippen LogP contribution in [-0.4, -0.2) is 57.3 Å². The van der Waals surface area contributed by atoms with E-state index in [4.69, 9.17) is 9.29 Å². The highest BCUT2D eigenvalue weighted by atomic mass is 32.3. The van der Waals surface area contributed by atoms with Gasteiger partial charge in [0, 0.05) is 19.6 Å². The molecule has 0 aromatic rings. The highest BCUT2D eigenvalue weighted by Gasteiger charge is 2.10. The predicted octanol–water partition coefficient (Wildman–Crippen LogP) is -0.472. The fourth-order valence-corrected chi connectivity index (χ4v) is 1.61. The molecule has 84 valence electrons. The molecule has 1 aliphatic rings. The summed E-state index contributed by atoms with van der Waals surface area (Å²) in [7, 11) is -4.27. The predicted molar refractivity (Wildman–Crippen MR) is 49.4 cm³/mol. The van der Waals surface area contributed by atoms with Crippen molar-refractivity contribution in [2.24, 2.45) is 0 Å². The number of nitrogens with zero attached hydrogens (tertiary/aromatic N) is 1. The summed E-state index contributed by atoms with van der Waals surface area (Å²) in [6, 6.07) is 0. The highest BCUT2D eigenvalue weighted by molar-refractivity contribution is 7.80. The summed E-state index contributed by atoms with van der Waals surface area (Å²) in [4.78, 5) is 2.16. The summed E-state index contributed by atoms with van der Waals surface area (Å²) in [6.45, 7) is 3.96. The highest BCUT2D eigenvalue weighted by Crippen LogP contribution is 1.98. The van der Waals surface area contributed by atoms with Crippen molar-refractivity contribution in [3.05, 3.63) is 0 Å². The first-order chi connectivity index (χ1) is 6.58. The molecule has 0 radical (unpaired) electrons. The SMILES string of the molecule is O=S(=O)(O)OCCCN1CCOCC1. The van der Waals surface area contributed by atoms with Crippen molar-refractivity contribution in [3.63, 3.8) is 0 Å². The van der Waals surface area contributed by atoms with Crippen molar-refractivity contribution >= 4 is 10.4 Å². The number of hydrogen-bond acceptors (Lipinski definition) is 5. The van der Waals surface area contributed by atoms with Crippen LogP contribution in [0.1, 0.15) is 6.42 Å². The lowest BCUT2D eigenvalue weighted by atomic mass is 10.3. The van der Waals surface area contributed by atoms with Gasteiger partial charge < -0.3 is 4.74 Å². The average Bonchev–Trinajstić information content (AvgIpc) is 2.13. The second-order valence-electron chi connectivity index (χ2n) is 3.06. The van der Waals surface area contributed by atoms with Crippen molar-refractivity contribution in [3.8, 4) is 0 Å². The number of ether oxygens (including phenoxy) is 1. The molecular weight excluding hydrogens is 210 g/mol. The number of morpholine rings is 1. The Morgan fingerprint density at radius 1 is 1.36 bits per heavy atom. The Kier molecular flexibility index (Phi) is 4.76. The Labute approximate surface area is 83.7 Å². The van der Waals surface area contributed by atoms with Gasteiger partial charge in [0.05, 0.1) is 19.8 Å². The first kappa shape index (κ1) is 11.9. The standard InChI is InChI=1S/C7H15NO5S/c9-14(10,11)13-5-1-2-8-3-6-12-7-4-8/h1-7H2,(H,9,10,11). The zero-order valence-electron chi connectivity index (χ0n) is 7.89. The zero-order valence-corrected chi connectivity index (χ0v) is 8.70. The number of hydrogen-bond donors (Lipinski definition) is 1. The van der Waals surface area contributed by atoms with Crippen LogP contribution in [0, 0.1) is 0 Å². The molecule has 7 heteroatoms. The largest absolute Gasteiger partial charge is 0.397 e. The summed E-state index contributed by atoms with van der Waals surface area (Å²) >= 11 is 0. The molecule has 0 saturated carbocycles. The van der Waals surface area contributed by atoms with Crippen molar-refractivity contribution in [1.82, 2.24) is 4.90 Å². The van der Waals surface area contributed by atoms with E-state index in [0.29, 0.717) is 6.42 Å². The molecule has 1 rings (SSSR count). The van der Waals surface area contributed by atoms with Crippen LogP contribution in [0.15, 0.2) is 0 Å². The zero-order chi connectivity index (χ0) is 10.4. The summed E-state index contributed by atoms with van der Waals surface area (Å²) in [5, 5.41) is 0. The fourth-order valence-electron chi connectivity index (χ4n) is 1.28. The smallest absolute Gasteiger partial charge is 0.379 e. The minimum absolute atomic E-state index is 0.0240. The van der Waals surface area contributed by atoms with E-state index in [1.54, 1.807) is 0 Å². The summed E-state index contributed by atoms with van der Waals surface area (Å²) in [5.41, 5.74) is 0. The molecule has 1 aliphatic heterocycles. The van der Waals surface area contributed by atoms with Gasteiger partial charge in [0.1, 0.15) is 0 Å². The fraction of sp³-hybridized carbons (Fsp3) is 1.00. The van der Waals surface area contributed by atoms with Crippen LogP contribution in [0.4, 0.5) is 0 Å². The third-order valence-corrected chi connectivity index (χ3v) is 2.42. The van der Waals surface area contributed by atoms with Crippen LogP contribution in [0.5, 0.6) is 0 Å². The molecule has 0 aromatic heterocycles. The third-order valence-electron chi connectivity index (χ3n) is 1.95. The molecular formula is C7H15NO5S. The van der Waals surface area contributed by atoms with E-state index in [2.05, 4.69) is 9.08 Å². The van der Waals surface area contributed by atoms with Crippen LogP contribution in [-0.2, 0) is 19.3 Å². The van der Waals surface area contributed by atoms with E-state index in [9.17, 15) is 8.42 Å². The van der Waals surface area contributed by atoms with Gasteiger partial charge in [-0.3, -0.25) is 9.45 Å².